The number of nitrogens with one attached hydrogen (secondary N) is 2. The smallest absolute Gasteiger partial charge is 0.417 e. The van der Waals surface area contributed by atoms with Crippen LogP contribution in [0.5, 0.6) is 5.75 Å². The number of piperidine rings is 2. The van der Waals surface area contributed by atoms with E-state index in [0.717, 1.165) is 54.9 Å². The minimum absolute atomic E-state index is 0.0916. The summed E-state index contributed by atoms with van der Waals surface area (Å²) in [4.78, 5) is 55.3. The Morgan fingerprint density at radius 3 is 2.70 bits per heavy atom. The topological polar surface area (TPSA) is 125 Å². The molecule has 2 aromatic carbocycles. The second kappa shape index (κ2) is 8.04. The third kappa shape index (κ3) is 3.50. The lowest BCUT2D eigenvalue weighted by Crippen LogP contribution is -2.52. The van der Waals surface area contributed by atoms with Gasteiger partial charge in [-0.05, 0) is 56.1 Å². The van der Waals surface area contributed by atoms with Gasteiger partial charge in [0.1, 0.15) is 11.8 Å². The molecule has 2 saturated heterocycles. The zero-order valence-corrected chi connectivity index (χ0v) is 20.2. The Labute approximate surface area is 211 Å². The molecule has 0 bridgehead atoms. The molecule has 3 aromatic rings. The van der Waals surface area contributed by atoms with E-state index in [2.05, 4.69) is 15.2 Å². The number of benzene rings is 2. The summed E-state index contributed by atoms with van der Waals surface area (Å²) in [6, 6.07) is 9.07. The number of rotatable bonds is 3. The SMILES string of the molecule is O=C1CCC(N2Cc3c(ccc4c3OCC43CCN(Cc4ccc5oc(=O)[nH]c5c4)CC3)C2=O)C(=O)N1. The highest BCUT2D eigenvalue weighted by Gasteiger charge is 2.47. The number of aromatic nitrogens is 1. The van der Waals surface area contributed by atoms with Crippen LogP contribution in [0.4, 0.5) is 0 Å². The zero-order valence-electron chi connectivity index (χ0n) is 20.2. The van der Waals surface area contributed by atoms with Crippen molar-refractivity contribution in [3.05, 3.63) is 63.1 Å². The fourth-order valence-electron chi connectivity index (χ4n) is 6.39. The molecule has 3 amide bonds. The lowest BCUT2D eigenvalue weighted by atomic mass is 9.74. The Hall–Kier alpha value is -3.92. The van der Waals surface area contributed by atoms with Crippen LogP contribution in [-0.2, 0) is 28.1 Å². The number of fused-ring (bicyclic) bond motifs is 5. The lowest BCUT2D eigenvalue weighted by Gasteiger charge is -2.38. The van der Waals surface area contributed by atoms with Gasteiger partial charge in [-0.3, -0.25) is 29.6 Å². The Bertz CT molecular complexity index is 1530. The van der Waals surface area contributed by atoms with Crippen LogP contribution in [0.3, 0.4) is 0 Å². The quantitative estimate of drug-likeness (QED) is 0.524. The maximum absolute atomic E-state index is 13.2. The predicted octanol–water partition coefficient (Wildman–Crippen LogP) is 1.81. The Balaban J connectivity index is 1.08. The van der Waals surface area contributed by atoms with Crippen molar-refractivity contribution < 1.29 is 23.5 Å². The molecular weight excluding hydrogens is 476 g/mol. The molecular formula is C27H26N4O6. The number of hydrogen-bond donors (Lipinski definition) is 2. The van der Waals surface area contributed by atoms with E-state index >= 15 is 0 Å². The summed E-state index contributed by atoms with van der Waals surface area (Å²) in [5.41, 5.74) is 4.90. The average Bonchev–Trinajstić information content (AvgIpc) is 3.54. The highest BCUT2D eigenvalue weighted by atomic mass is 16.5. The van der Waals surface area contributed by atoms with Crippen LogP contribution in [0.1, 0.15) is 52.7 Å². The van der Waals surface area contributed by atoms with Crippen molar-refractivity contribution in [3.8, 4) is 5.75 Å². The molecule has 1 atom stereocenters. The van der Waals surface area contributed by atoms with Crippen molar-refractivity contribution >= 4 is 28.8 Å². The molecule has 0 aliphatic carbocycles. The van der Waals surface area contributed by atoms with Crippen LogP contribution in [0, 0.1) is 0 Å². The lowest BCUT2D eigenvalue weighted by molar-refractivity contribution is -0.136. The molecule has 5 heterocycles. The van der Waals surface area contributed by atoms with E-state index in [1.165, 1.54) is 0 Å². The van der Waals surface area contributed by atoms with Crippen molar-refractivity contribution in [1.29, 1.82) is 0 Å². The summed E-state index contributed by atoms with van der Waals surface area (Å²) < 4.78 is 11.4. The number of nitrogens with zero attached hydrogens (tertiary/aromatic N) is 2. The van der Waals surface area contributed by atoms with Gasteiger partial charge in [0.05, 0.1) is 18.7 Å². The molecule has 2 N–H and O–H groups in total. The number of likely N-dealkylation sites (tertiary alicyclic amines) is 1. The number of carbonyl (C=O) groups excluding carboxylic acids is 3. The van der Waals surface area contributed by atoms with Gasteiger partial charge in [0.25, 0.3) is 5.91 Å². The monoisotopic (exact) mass is 502 g/mol. The van der Waals surface area contributed by atoms with E-state index in [0.29, 0.717) is 36.2 Å². The first-order valence-electron chi connectivity index (χ1n) is 12.7. The first kappa shape index (κ1) is 22.3. The highest BCUT2D eigenvalue weighted by Crippen LogP contribution is 2.49. The van der Waals surface area contributed by atoms with Crippen LogP contribution < -0.4 is 15.8 Å². The molecule has 0 saturated carbocycles. The van der Waals surface area contributed by atoms with Crippen LogP contribution in [0.15, 0.2) is 39.5 Å². The van der Waals surface area contributed by atoms with E-state index in [1.807, 2.05) is 30.3 Å². The van der Waals surface area contributed by atoms with Crippen molar-refractivity contribution in [2.24, 2.45) is 0 Å². The van der Waals surface area contributed by atoms with Crippen LogP contribution >= 0.6 is 0 Å². The van der Waals surface area contributed by atoms with Gasteiger partial charge in [0.15, 0.2) is 5.58 Å². The van der Waals surface area contributed by atoms with Crippen LogP contribution in [-0.4, -0.2) is 58.2 Å². The van der Waals surface area contributed by atoms with E-state index in [4.69, 9.17) is 9.15 Å². The molecule has 1 spiro atoms. The highest BCUT2D eigenvalue weighted by molar-refractivity contribution is 6.05. The van der Waals surface area contributed by atoms with Gasteiger partial charge in [0.2, 0.25) is 11.8 Å². The Morgan fingerprint density at radius 2 is 1.89 bits per heavy atom. The third-order valence-corrected chi connectivity index (χ3v) is 8.43. The van der Waals surface area contributed by atoms with Gasteiger partial charge in [-0.2, -0.15) is 0 Å². The molecule has 4 aliphatic rings. The van der Waals surface area contributed by atoms with E-state index in [9.17, 15) is 19.2 Å². The maximum atomic E-state index is 13.2. The molecule has 7 rings (SSSR count). The van der Waals surface area contributed by atoms with Crippen molar-refractivity contribution in [2.45, 2.75) is 50.2 Å². The summed E-state index contributed by atoms with van der Waals surface area (Å²) in [6.07, 6.45) is 2.46. The maximum Gasteiger partial charge on any atom is 0.417 e. The van der Waals surface area contributed by atoms with Crippen LogP contribution in [0.25, 0.3) is 11.1 Å². The third-order valence-electron chi connectivity index (χ3n) is 8.43. The standard InChI is InChI=1S/C27H26N4O6/c32-22-6-4-20(24(33)29-22)31-13-17-16(25(31)34)2-3-18-23(17)36-14-27(18)7-9-30(10-8-27)12-15-1-5-21-19(11-15)28-26(35)37-21/h1-3,5,11,20H,4,6-10,12-14H2,(H,28,35)(H,29,32,33). The van der Waals surface area contributed by atoms with Gasteiger partial charge in [-0.15, -0.1) is 0 Å². The number of aromatic amines is 1. The summed E-state index contributed by atoms with van der Waals surface area (Å²) >= 11 is 0. The largest absolute Gasteiger partial charge is 0.492 e. The number of oxazole rings is 1. The second-order valence-electron chi connectivity index (χ2n) is 10.6. The second-order valence-corrected chi connectivity index (χ2v) is 10.6. The number of ether oxygens (including phenoxy) is 1. The summed E-state index contributed by atoms with van der Waals surface area (Å²) in [7, 11) is 0. The van der Waals surface area contributed by atoms with Crippen molar-refractivity contribution in [2.75, 3.05) is 19.7 Å². The van der Waals surface area contributed by atoms with Crippen molar-refractivity contribution in [3.63, 3.8) is 0 Å². The molecule has 190 valence electrons. The number of amides is 3. The van der Waals surface area contributed by atoms with Crippen LogP contribution in [0.2, 0.25) is 0 Å². The number of hydrogen-bond acceptors (Lipinski definition) is 7. The molecule has 4 aliphatic heterocycles. The minimum Gasteiger partial charge on any atom is -0.492 e. The van der Waals surface area contributed by atoms with Gasteiger partial charge in [0, 0.05) is 35.1 Å². The van der Waals surface area contributed by atoms with E-state index in [1.54, 1.807) is 4.90 Å². The number of imide groups is 1. The fraction of sp³-hybridized carbons (Fsp3) is 0.407. The first-order valence-corrected chi connectivity index (χ1v) is 12.7. The molecule has 10 nitrogen and oxygen atoms in total. The molecule has 1 unspecified atom stereocenters. The van der Waals surface area contributed by atoms with E-state index < -0.39 is 17.7 Å². The van der Waals surface area contributed by atoms with Gasteiger partial charge in [-0.25, -0.2) is 4.79 Å². The van der Waals surface area contributed by atoms with Gasteiger partial charge >= 0.3 is 5.76 Å². The first-order chi connectivity index (χ1) is 17.9. The average molecular weight is 503 g/mol. The minimum atomic E-state index is -0.633. The zero-order chi connectivity index (χ0) is 25.3. The summed E-state index contributed by atoms with van der Waals surface area (Å²) in [5, 5.41) is 2.36. The number of carbonyl (C=O) groups is 3. The summed E-state index contributed by atoms with van der Waals surface area (Å²) in [5.74, 6) is -0.525. The normalized spacial score (nSPS) is 22.9. The van der Waals surface area contributed by atoms with E-state index in [-0.39, 0.29) is 23.7 Å². The molecule has 1 aromatic heterocycles. The van der Waals surface area contributed by atoms with Gasteiger partial charge < -0.3 is 14.1 Å². The fourth-order valence-corrected chi connectivity index (χ4v) is 6.39. The Kier molecular flexibility index (Phi) is 4.84. The summed E-state index contributed by atoms with van der Waals surface area (Å²) in [6.45, 7) is 3.50. The van der Waals surface area contributed by atoms with Gasteiger partial charge in [-0.1, -0.05) is 12.1 Å². The van der Waals surface area contributed by atoms with Crippen molar-refractivity contribution in [1.82, 2.24) is 20.1 Å². The molecule has 2 fully saturated rings. The molecule has 0 radical (unpaired) electrons. The predicted molar refractivity (Wildman–Crippen MR) is 131 cm³/mol. The number of H-pyrrole nitrogens is 1. The molecule has 10 heteroatoms. The Morgan fingerprint density at radius 1 is 1.05 bits per heavy atom. The molecule has 37 heavy (non-hydrogen) atoms.